The van der Waals surface area contributed by atoms with Crippen molar-refractivity contribution in [3.63, 3.8) is 0 Å². The molecular formula is C17H14O2. The van der Waals surface area contributed by atoms with Crippen LogP contribution >= 0.6 is 0 Å². The average molecular weight is 250 g/mol. The first kappa shape index (κ1) is 11.7. The van der Waals surface area contributed by atoms with Gasteiger partial charge in [-0.3, -0.25) is 4.79 Å². The van der Waals surface area contributed by atoms with Gasteiger partial charge in [-0.25, -0.2) is 0 Å². The molecule has 94 valence electrons. The van der Waals surface area contributed by atoms with Gasteiger partial charge in [0.2, 0.25) is 0 Å². The van der Waals surface area contributed by atoms with Crippen LogP contribution in [0.25, 0.3) is 21.9 Å². The second-order valence-corrected chi connectivity index (χ2v) is 4.65. The van der Waals surface area contributed by atoms with E-state index in [0.29, 0.717) is 0 Å². The molecule has 0 radical (unpaired) electrons. The maximum atomic E-state index is 12.2. The number of hydrogen-bond acceptors (Lipinski definition) is 2. The highest BCUT2D eigenvalue weighted by molar-refractivity contribution is 5.98. The monoisotopic (exact) mass is 250 g/mol. The van der Waals surface area contributed by atoms with Crippen LogP contribution in [0.5, 0.6) is 5.75 Å². The van der Waals surface area contributed by atoms with Crippen molar-refractivity contribution in [2.75, 3.05) is 7.11 Å². The predicted molar refractivity (Wildman–Crippen MR) is 78.1 cm³/mol. The van der Waals surface area contributed by atoms with E-state index in [4.69, 9.17) is 4.74 Å². The minimum Gasteiger partial charge on any atom is -0.497 e. The molecule has 0 aromatic heterocycles. The molecule has 2 nitrogen and oxygen atoms in total. The standard InChI is InChI=1S/C17H14O2/c1-11-9-13(19-2)10-15-14(11)7-3-5-12-6-4-8-16(18)17(12)15/h3-10H,1-2H3. The van der Waals surface area contributed by atoms with Crippen LogP contribution in [-0.2, 0) is 0 Å². The van der Waals surface area contributed by atoms with Crippen molar-refractivity contribution < 1.29 is 4.74 Å². The average Bonchev–Trinajstić information content (AvgIpc) is 2.59. The van der Waals surface area contributed by atoms with E-state index < -0.39 is 0 Å². The summed E-state index contributed by atoms with van der Waals surface area (Å²) < 4.78 is 5.32. The minimum atomic E-state index is 0.0475. The Balaban J connectivity index is 2.59. The summed E-state index contributed by atoms with van der Waals surface area (Å²) in [5.74, 6) is 0.778. The van der Waals surface area contributed by atoms with Crippen molar-refractivity contribution >= 4 is 10.8 Å². The lowest BCUT2D eigenvalue weighted by Crippen LogP contribution is -2.02. The molecule has 0 saturated carbocycles. The van der Waals surface area contributed by atoms with Crippen LogP contribution in [0.2, 0.25) is 0 Å². The fourth-order valence-electron chi connectivity index (χ4n) is 2.53. The number of hydrogen-bond donors (Lipinski definition) is 0. The molecule has 1 aromatic carbocycles. The molecule has 2 aliphatic carbocycles. The second-order valence-electron chi connectivity index (χ2n) is 4.65. The SMILES string of the molecule is COc1cc(C)c2cccc3cccc(=O)c-3c2c1. The molecule has 1 aromatic rings. The molecule has 19 heavy (non-hydrogen) atoms. The third-order valence-corrected chi connectivity index (χ3v) is 3.46. The van der Waals surface area contributed by atoms with Crippen LogP contribution in [0.4, 0.5) is 0 Å². The summed E-state index contributed by atoms with van der Waals surface area (Å²) in [6, 6.07) is 15.3. The molecule has 0 atom stereocenters. The third-order valence-electron chi connectivity index (χ3n) is 3.46. The number of benzene rings is 2. The minimum absolute atomic E-state index is 0.0475. The van der Waals surface area contributed by atoms with Crippen LogP contribution in [0.15, 0.2) is 53.3 Å². The number of aryl methyl sites for hydroxylation is 1. The molecule has 2 aliphatic rings. The van der Waals surface area contributed by atoms with Crippen LogP contribution in [-0.4, -0.2) is 7.11 Å². The van der Waals surface area contributed by atoms with Gasteiger partial charge in [0.05, 0.1) is 7.11 Å². The van der Waals surface area contributed by atoms with Gasteiger partial charge < -0.3 is 4.74 Å². The summed E-state index contributed by atoms with van der Waals surface area (Å²) in [6.07, 6.45) is 0. The molecule has 2 heteroatoms. The van der Waals surface area contributed by atoms with E-state index in [-0.39, 0.29) is 5.43 Å². The van der Waals surface area contributed by atoms with E-state index in [0.717, 1.165) is 33.2 Å². The number of rotatable bonds is 1. The highest BCUT2D eigenvalue weighted by Gasteiger charge is 2.10. The van der Waals surface area contributed by atoms with Gasteiger partial charge >= 0.3 is 0 Å². The maximum Gasteiger partial charge on any atom is 0.187 e. The van der Waals surface area contributed by atoms with E-state index in [1.807, 2.05) is 43.3 Å². The van der Waals surface area contributed by atoms with Crippen LogP contribution in [0, 0.1) is 6.92 Å². The van der Waals surface area contributed by atoms with Gasteiger partial charge in [-0.05, 0) is 47.0 Å². The summed E-state index contributed by atoms with van der Waals surface area (Å²) in [4.78, 5) is 12.2. The van der Waals surface area contributed by atoms with Gasteiger partial charge in [-0.15, -0.1) is 0 Å². The molecule has 0 saturated heterocycles. The number of fused-ring (bicyclic) bond motifs is 3. The van der Waals surface area contributed by atoms with Crippen molar-refractivity contribution in [2.45, 2.75) is 6.92 Å². The number of methoxy groups -OCH3 is 1. The molecule has 0 spiro atoms. The van der Waals surface area contributed by atoms with E-state index >= 15 is 0 Å². The van der Waals surface area contributed by atoms with E-state index in [2.05, 4.69) is 0 Å². The number of ether oxygens (including phenoxy) is 1. The topological polar surface area (TPSA) is 26.3 Å². The lowest BCUT2D eigenvalue weighted by atomic mass is 9.99. The van der Waals surface area contributed by atoms with Gasteiger partial charge in [-0.2, -0.15) is 0 Å². The highest BCUT2D eigenvalue weighted by Crippen LogP contribution is 2.31. The Labute approximate surface area is 111 Å². The molecule has 0 fully saturated rings. The third kappa shape index (κ3) is 1.85. The Kier molecular flexibility index (Phi) is 2.71. The lowest BCUT2D eigenvalue weighted by molar-refractivity contribution is 0.415. The summed E-state index contributed by atoms with van der Waals surface area (Å²) in [7, 11) is 1.64. The predicted octanol–water partition coefficient (Wildman–Crippen LogP) is 3.62. The van der Waals surface area contributed by atoms with E-state index in [1.165, 1.54) is 0 Å². The van der Waals surface area contributed by atoms with Crippen LogP contribution in [0.1, 0.15) is 5.56 Å². The quantitative estimate of drug-likeness (QED) is 0.659. The molecule has 0 unspecified atom stereocenters. The fourth-order valence-corrected chi connectivity index (χ4v) is 2.53. The van der Waals surface area contributed by atoms with E-state index in [9.17, 15) is 4.79 Å². The van der Waals surface area contributed by atoms with Crippen LogP contribution < -0.4 is 10.2 Å². The molecular weight excluding hydrogens is 236 g/mol. The zero-order chi connectivity index (χ0) is 13.4. The van der Waals surface area contributed by atoms with Gasteiger partial charge in [0.25, 0.3) is 0 Å². The van der Waals surface area contributed by atoms with Gasteiger partial charge in [0.15, 0.2) is 5.43 Å². The van der Waals surface area contributed by atoms with Crippen LogP contribution in [0.3, 0.4) is 0 Å². The molecule has 3 rings (SSSR count). The molecule has 0 heterocycles. The summed E-state index contributed by atoms with van der Waals surface area (Å²) in [5, 5.41) is 2.03. The largest absolute Gasteiger partial charge is 0.497 e. The van der Waals surface area contributed by atoms with Crippen molar-refractivity contribution in [1.29, 1.82) is 0 Å². The summed E-state index contributed by atoms with van der Waals surface area (Å²) in [6.45, 7) is 2.03. The van der Waals surface area contributed by atoms with Gasteiger partial charge in [0.1, 0.15) is 5.75 Å². The first-order chi connectivity index (χ1) is 9.20. The fraction of sp³-hybridized carbons (Fsp3) is 0.118. The van der Waals surface area contributed by atoms with Crippen molar-refractivity contribution in [2.24, 2.45) is 0 Å². The Bertz CT molecular complexity index is 790. The second kappa shape index (κ2) is 4.39. The summed E-state index contributed by atoms with van der Waals surface area (Å²) >= 11 is 0. The zero-order valence-electron chi connectivity index (χ0n) is 10.9. The Hall–Kier alpha value is -2.35. The first-order valence-electron chi connectivity index (χ1n) is 6.21. The van der Waals surface area contributed by atoms with Gasteiger partial charge in [0, 0.05) is 5.56 Å². The van der Waals surface area contributed by atoms with Crippen molar-refractivity contribution in [3.8, 4) is 16.9 Å². The summed E-state index contributed by atoms with van der Waals surface area (Å²) in [5.41, 5.74) is 2.86. The van der Waals surface area contributed by atoms with Crippen molar-refractivity contribution in [3.05, 3.63) is 64.3 Å². The Morgan fingerprint density at radius 3 is 2.42 bits per heavy atom. The lowest BCUT2D eigenvalue weighted by Gasteiger charge is -2.07. The zero-order valence-corrected chi connectivity index (χ0v) is 10.9. The molecule has 0 bridgehead atoms. The Morgan fingerprint density at radius 1 is 0.947 bits per heavy atom. The van der Waals surface area contributed by atoms with E-state index in [1.54, 1.807) is 19.2 Å². The molecule has 0 N–H and O–H groups in total. The molecule has 0 amide bonds. The first-order valence-corrected chi connectivity index (χ1v) is 6.21. The highest BCUT2D eigenvalue weighted by atomic mass is 16.5. The smallest absolute Gasteiger partial charge is 0.187 e. The maximum absolute atomic E-state index is 12.2. The normalized spacial score (nSPS) is 10.8. The molecule has 0 aliphatic heterocycles. The van der Waals surface area contributed by atoms with Crippen molar-refractivity contribution in [1.82, 2.24) is 0 Å². The Morgan fingerprint density at radius 2 is 1.68 bits per heavy atom. The van der Waals surface area contributed by atoms with Gasteiger partial charge in [-0.1, -0.05) is 30.3 Å².